The minimum absolute atomic E-state index is 0.234. The van der Waals surface area contributed by atoms with Gasteiger partial charge in [0, 0.05) is 51.2 Å². The standard InChI is InChI=1S/C20H29N3O2/c1-22-9-5-16(18(22)15-4-3-8-21-13-15)14-23(2)19(24)17-12-20(17)6-10-25-11-7-20/h3-4,8,13,16-18H,5-7,9-12,14H2,1-2H3/t16-,17-,18-/m0/s1. The highest BCUT2D eigenvalue weighted by atomic mass is 16.5. The van der Waals surface area contributed by atoms with E-state index in [0.717, 1.165) is 52.0 Å². The quantitative estimate of drug-likeness (QED) is 0.842. The first-order valence-corrected chi connectivity index (χ1v) is 9.54. The van der Waals surface area contributed by atoms with Crippen LogP contribution in [0.5, 0.6) is 0 Å². The zero-order valence-corrected chi connectivity index (χ0v) is 15.4. The van der Waals surface area contributed by atoms with Crippen molar-refractivity contribution in [3.05, 3.63) is 30.1 Å². The molecule has 3 fully saturated rings. The van der Waals surface area contributed by atoms with Gasteiger partial charge in [-0.1, -0.05) is 6.07 Å². The fourth-order valence-electron chi connectivity index (χ4n) is 5.03. The lowest BCUT2D eigenvalue weighted by molar-refractivity contribution is -0.133. The molecule has 0 radical (unpaired) electrons. The van der Waals surface area contributed by atoms with E-state index in [2.05, 4.69) is 23.0 Å². The van der Waals surface area contributed by atoms with E-state index in [1.165, 1.54) is 5.56 Å². The number of likely N-dealkylation sites (tertiary alicyclic amines) is 1. The Labute approximate surface area is 150 Å². The van der Waals surface area contributed by atoms with Gasteiger partial charge >= 0.3 is 0 Å². The Bertz CT molecular complexity index is 615. The van der Waals surface area contributed by atoms with Crippen LogP contribution in [0.15, 0.2) is 24.5 Å². The average molecular weight is 343 g/mol. The van der Waals surface area contributed by atoms with Gasteiger partial charge in [-0.3, -0.25) is 14.7 Å². The molecule has 0 unspecified atom stereocenters. The molecule has 3 aliphatic rings. The van der Waals surface area contributed by atoms with E-state index in [1.807, 2.05) is 30.4 Å². The third-order valence-corrected chi connectivity index (χ3v) is 6.66. The lowest BCUT2D eigenvalue weighted by atomic mass is 9.92. The van der Waals surface area contributed by atoms with Crippen molar-refractivity contribution in [2.24, 2.45) is 17.3 Å². The molecular formula is C20H29N3O2. The van der Waals surface area contributed by atoms with Gasteiger partial charge in [0.1, 0.15) is 0 Å². The highest BCUT2D eigenvalue weighted by Crippen LogP contribution is 2.59. The zero-order chi connectivity index (χ0) is 17.4. The van der Waals surface area contributed by atoms with Crippen LogP contribution in [0.4, 0.5) is 0 Å². The molecule has 3 atom stereocenters. The molecule has 1 amide bonds. The van der Waals surface area contributed by atoms with Crippen LogP contribution in [0, 0.1) is 17.3 Å². The fraction of sp³-hybridized carbons (Fsp3) is 0.700. The Morgan fingerprint density at radius 2 is 2.24 bits per heavy atom. The van der Waals surface area contributed by atoms with Crippen molar-refractivity contribution < 1.29 is 9.53 Å². The molecule has 2 aliphatic heterocycles. The molecule has 5 heteroatoms. The molecule has 1 aromatic rings. The lowest BCUT2D eigenvalue weighted by Gasteiger charge is -2.30. The van der Waals surface area contributed by atoms with Gasteiger partial charge in [-0.05, 0) is 62.2 Å². The molecule has 4 rings (SSSR count). The van der Waals surface area contributed by atoms with Crippen LogP contribution in [0.25, 0.3) is 0 Å². The van der Waals surface area contributed by atoms with Gasteiger partial charge in [0.25, 0.3) is 0 Å². The summed E-state index contributed by atoms with van der Waals surface area (Å²) in [5, 5.41) is 0. The number of nitrogens with zero attached hydrogens (tertiary/aromatic N) is 3. The van der Waals surface area contributed by atoms with E-state index in [9.17, 15) is 4.79 Å². The SMILES string of the molecule is CN(C[C@@H]1CCN(C)[C@H]1c1cccnc1)C(=O)[C@@H]1CC12CCOCC2. The van der Waals surface area contributed by atoms with E-state index in [0.29, 0.717) is 17.9 Å². The van der Waals surface area contributed by atoms with Gasteiger partial charge in [0.15, 0.2) is 0 Å². The number of amides is 1. The van der Waals surface area contributed by atoms with Crippen LogP contribution in [0.1, 0.15) is 37.3 Å². The maximum Gasteiger partial charge on any atom is 0.226 e. The van der Waals surface area contributed by atoms with Gasteiger partial charge in [-0.2, -0.15) is 0 Å². The number of hydrogen-bond donors (Lipinski definition) is 0. The molecular weight excluding hydrogens is 314 g/mol. The minimum atomic E-state index is 0.234. The van der Waals surface area contributed by atoms with Crippen LogP contribution in [0.2, 0.25) is 0 Å². The van der Waals surface area contributed by atoms with Crippen molar-refractivity contribution in [3.63, 3.8) is 0 Å². The van der Waals surface area contributed by atoms with Crippen molar-refractivity contribution in [2.75, 3.05) is 40.4 Å². The summed E-state index contributed by atoms with van der Waals surface area (Å²) < 4.78 is 5.48. The third-order valence-electron chi connectivity index (χ3n) is 6.66. The maximum atomic E-state index is 13.0. The van der Waals surface area contributed by atoms with Gasteiger partial charge in [-0.25, -0.2) is 0 Å². The molecule has 1 spiro atoms. The highest BCUT2D eigenvalue weighted by molar-refractivity contribution is 5.82. The second-order valence-electron chi connectivity index (χ2n) is 8.21. The molecule has 2 saturated heterocycles. The topological polar surface area (TPSA) is 45.7 Å². The van der Waals surface area contributed by atoms with E-state index in [-0.39, 0.29) is 11.3 Å². The molecule has 25 heavy (non-hydrogen) atoms. The Morgan fingerprint density at radius 1 is 1.44 bits per heavy atom. The molecule has 0 N–H and O–H groups in total. The number of aromatic nitrogens is 1. The first-order valence-electron chi connectivity index (χ1n) is 9.54. The number of carbonyl (C=O) groups excluding carboxylic acids is 1. The summed E-state index contributed by atoms with van der Waals surface area (Å²) in [5.74, 6) is 1.06. The first kappa shape index (κ1) is 17.0. The largest absolute Gasteiger partial charge is 0.381 e. The predicted molar refractivity (Wildman–Crippen MR) is 95.9 cm³/mol. The molecule has 0 bridgehead atoms. The summed E-state index contributed by atoms with van der Waals surface area (Å²) in [6.45, 7) is 3.57. The number of carbonyl (C=O) groups is 1. The van der Waals surface area contributed by atoms with Crippen LogP contribution in [0.3, 0.4) is 0 Å². The summed E-state index contributed by atoms with van der Waals surface area (Å²) in [5.41, 5.74) is 1.53. The van der Waals surface area contributed by atoms with Crippen molar-refractivity contribution in [1.82, 2.24) is 14.8 Å². The van der Waals surface area contributed by atoms with E-state index < -0.39 is 0 Å². The molecule has 0 aromatic carbocycles. The molecule has 1 saturated carbocycles. The number of hydrogen-bond acceptors (Lipinski definition) is 4. The summed E-state index contributed by atoms with van der Waals surface area (Å²) in [4.78, 5) is 21.6. The predicted octanol–water partition coefficient (Wildman–Crippen LogP) is 2.35. The average Bonchev–Trinajstić information content (AvgIpc) is 3.19. The Morgan fingerprint density at radius 3 is 2.96 bits per heavy atom. The lowest BCUT2D eigenvalue weighted by Crippen LogP contribution is -2.36. The molecule has 1 aliphatic carbocycles. The van der Waals surface area contributed by atoms with Crippen molar-refractivity contribution >= 4 is 5.91 Å². The minimum Gasteiger partial charge on any atom is -0.381 e. The molecule has 5 nitrogen and oxygen atoms in total. The fourth-order valence-corrected chi connectivity index (χ4v) is 5.03. The molecule has 136 valence electrons. The van der Waals surface area contributed by atoms with E-state index >= 15 is 0 Å². The van der Waals surface area contributed by atoms with Crippen LogP contribution in [-0.2, 0) is 9.53 Å². The molecule has 3 heterocycles. The smallest absolute Gasteiger partial charge is 0.226 e. The number of rotatable bonds is 4. The number of ether oxygens (including phenoxy) is 1. The summed E-state index contributed by atoms with van der Waals surface area (Å²) >= 11 is 0. The summed E-state index contributed by atoms with van der Waals surface area (Å²) in [7, 11) is 4.17. The van der Waals surface area contributed by atoms with Crippen molar-refractivity contribution in [1.29, 1.82) is 0 Å². The third kappa shape index (κ3) is 3.20. The van der Waals surface area contributed by atoms with Crippen LogP contribution < -0.4 is 0 Å². The Hall–Kier alpha value is -1.46. The highest BCUT2D eigenvalue weighted by Gasteiger charge is 2.58. The van der Waals surface area contributed by atoms with Gasteiger partial charge in [-0.15, -0.1) is 0 Å². The van der Waals surface area contributed by atoms with Crippen LogP contribution >= 0.6 is 0 Å². The summed E-state index contributed by atoms with van der Waals surface area (Å²) in [6.07, 6.45) is 8.11. The second-order valence-corrected chi connectivity index (χ2v) is 8.21. The monoisotopic (exact) mass is 343 g/mol. The van der Waals surface area contributed by atoms with E-state index in [1.54, 1.807) is 0 Å². The Kier molecular flexibility index (Phi) is 4.54. The molecule has 1 aromatic heterocycles. The summed E-state index contributed by atoms with van der Waals surface area (Å²) in [6, 6.07) is 4.53. The van der Waals surface area contributed by atoms with Gasteiger partial charge in [0.2, 0.25) is 5.91 Å². The van der Waals surface area contributed by atoms with Crippen LogP contribution in [-0.4, -0.2) is 61.1 Å². The maximum absolute atomic E-state index is 13.0. The normalized spacial score (nSPS) is 31.2. The van der Waals surface area contributed by atoms with Gasteiger partial charge < -0.3 is 9.64 Å². The second kappa shape index (κ2) is 6.69. The van der Waals surface area contributed by atoms with Crippen molar-refractivity contribution in [2.45, 2.75) is 31.7 Å². The zero-order valence-electron chi connectivity index (χ0n) is 15.4. The number of pyridine rings is 1. The Balaban J connectivity index is 1.40. The van der Waals surface area contributed by atoms with Gasteiger partial charge in [0.05, 0.1) is 0 Å². The first-order chi connectivity index (χ1) is 12.1. The van der Waals surface area contributed by atoms with Crippen molar-refractivity contribution in [3.8, 4) is 0 Å². The van der Waals surface area contributed by atoms with E-state index in [4.69, 9.17) is 4.74 Å².